The van der Waals surface area contributed by atoms with Crippen molar-refractivity contribution < 1.29 is 4.79 Å². The van der Waals surface area contributed by atoms with Gasteiger partial charge in [0.25, 0.3) is 0 Å². The monoisotopic (exact) mass is 157 g/mol. The standard InChI is InChI=1S/C7H8ClNO/c1-5(10)2-6-3-7(8)9-4-6/h3-4,9H,2H2,1H3. The molecule has 0 bridgehead atoms. The van der Waals surface area contributed by atoms with E-state index < -0.39 is 0 Å². The van der Waals surface area contributed by atoms with E-state index in [1.54, 1.807) is 19.2 Å². The molecule has 0 aliphatic rings. The van der Waals surface area contributed by atoms with Crippen LogP contribution in [0.2, 0.25) is 5.15 Å². The fraction of sp³-hybridized carbons (Fsp3) is 0.286. The van der Waals surface area contributed by atoms with Gasteiger partial charge in [-0.05, 0) is 18.6 Å². The van der Waals surface area contributed by atoms with Crippen molar-refractivity contribution in [1.82, 2.24) is 4.98 Å². The van der Waals surface area contributed by atoms with Gasteiger partial charge >= 0.3 is 0 Å². The third-order valence-electron chi connectivity index (χ3n) is 1.16. The van der Waals surface area contributed by atoms with Crippen LogP contribution in [0, 0.1) is 0 Å². The number of ketones is 1. The number of nitrogens with one attached hydrogen (secondary N) is 1. The number of aromatic nitrogens is 1. The normalized spacial score (nSPS) is 9.80. The van der Waals surface area contributed by atoms with Crippen LogP contribution in [0.25, 0.3) is 0 Å². The minimum atomic E-state index is 0.149. The van der Waals surface area contributed by atoms with Gasteiger partial charge in [-0.25, -0.2) is 0 Å². The summed E-state index contributed by atoms with van der Waals surface area (Å²) in [5, 5.41) is 0.580. The molecule has 3 heteroatoms. The maximum atomic E-state index is 10.6. The second-order valence-electron chi connectivity index (χ2n) is 2.23. The van der Waals surface area contributed by atoms with Crippen molar-refractivity contribution in [3.05, 3.63) is 23.0 Å². The van der Waals surface area contributed by atoms with Crippen LogP contribution in [0.5, 0.6) is 0 Å². The number of aromatic amines is 1. The van der Waals surface area contributed by atoms with Crippen LogP contribution in [-0.2, 0) is 11.2 Å². The van der Waals surface area contributed by atoms with E-state index in [4.69, 9.17) is 11.6 Å². The Hall–Kier alpha value is -0.760. The first-order valence-electron chi connectivity index (χ1n) is 3.00. The highest BCUT2D eigenvalue weighted by atomic mass is 35.5. The van der Waals surface area contributed by atoms with Gasteiger partial charge in [0.2, 0.25) is 0 Å². The van der Waals surface area contributed by atoms with Gasteiger partial charge in [0.1, 0.15) is 10.9 Å². The molecule has 0 amide bonds. The second kappa shape index (κ2) is 2.88. The van der Waals surface area contributed by atoms with Crippen LogP contribution < -0.4 is 0 Å². The highest BCUT2D eigenvalue weighted by Gasteiger charge is 1.98. The van der Waals surface area contributed by atoms with Crippen molar-refractivity contribution in [1.29, 1.82) is 0 Å². The molecule has 10 heavy (non-hydrogen) atoms. The number of hydrogen-bond donors (Lipinski definition) is 1. The zero-order valence-electron chi connectivity index (χ0n) is 5.65. The number of halogens is 1. The third-order valence-corrected chi connectivity index (χ3v) is 1.38. The number of Topliss-reactive ketones (excluding diaryl/α,β-unsaturated/α-hetero) is 1. The van der Waals surface area contributed by atoms with Crippen LogP contribution in [-0.4, -0.2) is 10.8 Å². The van der Waals surface area contributed by atoms with E-state index in [0.29, 0.717) is 11.6 Å². The Bertz CT molecular complexity index is 242. The number of carbonyl (C=O) groups is 1. The number of hydrogen-bond acceptors (Lipinski definition) is 1. The molecule has 54 valence electrons. The van der Waals surface area contributed by atoms with Crippen molar-refractivity contribution in [2.75, 3.05) is 0 Å². The van der Waals surface area contributed by atoms with Crippen molar-refractivity contribution in [2.24, 2.45) is 0 Å². The molecule has 0 aliphatic carbocycles. The molecular formula is C7H8ClNO. The third kappa shape index (κ3) is 1.88. The summed E-state index contributed by atoms with van der Waals surface area (Å²) in [7, 11) is 0. The minimum absolute atomic E-state index is 0.149. The lowest BCUT2D eigenvalue weighted by Gasteiger charge is -1.86. The second-order valence-corrected chi connectivity index (χ2v) is 2.64. The highest BCUT2D eigenvalue weighted by Crippen LogP contribution is 2.08. The predicted octanol–water partition coefficient (Wildman–Crippen LogP) is 1.80. The van der Waals surface area contributed by atoms with Crippen molar-refractivity contribution >= 4 is 17.4 Å². The van der Waals surface area contributed by atoms with Crippen LogP contribution in [0.1, 0.15) is 12.5 Å². The Labute approximate surface area is 64.2 Å². The molecule has 0 aliphatic heterocycles. The number of carbonyl (C=O) groups excluding carboxylic acids is 1. The first-order chi connectivity index (χ1) is 4.68. The molecule has 1 heterocycles. The summed E-state index contributed by atoms with van der Waals surface area (Å²) >= 11 is 5.58. The predicted molar refractivity (Wildman–Crippen MR) is 40.2 cm³/mol. The molecule has 2 nitrogen and oxygen atoms in total. The van der Waals surface area contributed by atoms with Crippen molar-refractivity contribution in [2.45, 2.75) is 13.3 Å². The fourth-order valence-corrected chi connectivity index (χ4v) is 0.992. The molecule has 0 radical (unpaired) electrons. The van der Waals surface area contributed by atoms with E-state index >= 15 is 0 Å². The molecule has 0 saturated carbocycles. The Morgan fingerprint density at radius 2 is 2.50 bits per heavy atom. The van der Waals surface area contributed by atoms with Crippen LogP contribution in [0.15, 0.2) is 12.3 Å². The van der Waals surface area contributed by atoms with Gasteiger partial charge in [-0.3, -0.25) is 4.79 Å². The number of rotatable bonds is 2. The molecule has 0 saturated heterocycles. The molecule has 0 atom stereocenters. The van der Waals surface area contributed by atoms with Crippen molar-refractivity contribution in [3.8, 4) is 0 Å². The Kier molecular flexibility index (Phi) is 2.12. The van der Waals surface area contributed by atoms with Crippen molar-refractivity contribution in [3.63, 3.8) is 0 Å². The maximum absolute atomic E-state index is 10.6. The van der Waals surface area contributed by atoms with Gasteiger partial charge < -0.3 is 4.98 Å². The molecular weight excluding hydrogens is 150 g/mol. The lowest BCUT2D eigenvalue weighted by Crippen LogP contribution is -1.93. The van der Waals surface area contributed by atoms with Gasteiger partial charge in [0.05, 0.1) is 0 Å². The SMILES string of the molecule is CC(=O)Cc1c[nH]c(Cl)c1. The summed E-state index contributed by atoms with van der Waals surface area (Å²) < 4.78 is 0. The minimum Gasteiger partial charge on any atom is -0.352 e. The lowest BCUT2D eigenvalue weighted by molar-refractivity contribution is -0.116. The average Bonchev–Trinajstić information content (AvgIpc) is 2.13. The summed E-state index contributed by atoms with van der Waals surface area (Å²) in [5.74, 6) is 0.149. The Morgan fingerprint density at radius 3 is 2.90 bits per heavy atom. The average molecular weight is 158 g/mol. The summed E-state index contributed by atoms with van der Waals surface area (Å²) in [4.78, 5) is 13.4. The number of H-pyrrole nitrogens is 1. The van der Waals surface area contributed by atoms with E-state index in [0.717, 1.165) is 5.56 Å². The maximum Gasteiger partial charge on any atom is 0.134 e. The van der Waals surface area contributed by atoms with E-state index in [-0.39, 0.29) is 5.78 Å². The first-order valence-corrected chi connectivity index (χ1v) is 3.38. The van der Waals surface area contributed by atoms with E-state index in [1.165, 1.54) is 0 Å². The molecule has 0 fully saturated rings. The summed E-state index contributed by atoms with van der Waals surface area (Å²) in [6.45, 7) is 1.56. The van der Waals surface area contributed by atoms with E-state index in [9.17, 15) is 4.79 Å². The van der Waals surface area contributed by atoms with Gasteiger partial charge in [-0.2, -0.15) is 0 Å². The molecule has 0 aromatic carbocycles. The van der Waals surface area contributed by atoms with Gasteiger partial charge in [-0.15, -0.1) is 0 Å². The zero-order chi connectivity index (χ0) is 7.56. The van der Waals surface area contributed by atoms with E-state index in [2.05, 4.69) is 4.98 Å². The molecule has 1 aromatic heterocycles. The Morgan fingerprint density at radius 1 is 1.80 bits per heavy atom. The summed E-state index contributed by atoms with van der Waals surface area (Å²) in [6, 6.07) is 1.75. The van der Waals surface area contributed by atoms with Gasteiger partial charge in [0.15, 0.2) is 0 Å². The van der Waals surface area contributed by atoms with Gasteiger partial charge in [0, 0.05) is 12.6 Å². The topological polar surface area (TPSA) is 32.9 Å². The summed E-state index contributed by atoms with van der Waals surface area (Å²) in [6.07, 6.45) is 2.20. The molecule has 1 rings (SSSR count). The fourth-order valence-electron chi connectivity index (χ4n) is 0.797. The van der Waals surface area contributed by atoms with Crippen LogP contribution in [0.3, 0.4) is 0 Å². The first kappa shape index (κ1) is 7.35. The molecule has 1 aromatic rings. The smallest absolute Gasteiger partial charge is 0.134 e. The lowest BCUT2D eigenvalue weighted by atomic mass is 10.2. The van der Waals surface area contributed by atoms with E-state index in [1.807, 2.05) is 0 Å². The van der Waals surface area contributed by atoms with Crippen LogP contribution in [0.4, 0.5) is 0 Å². The van der Waals surface area contributed by atoms with Crippen LogP contribution >= 0.6 is 11.6 Å². The Balaban J connectivity index is 2.67. The summed E-state index contributed by atoms with van der Waals surface area (Å²) in [5.41, 5.74) is 0.942. The largest absolute Gasteiger partial charge is 0.352 e. The highest BCUT2D eigenvalue weighted by molar-refractivity contribution is 6.29. The quantitative estimate of drug-likeness (QED) is 0.698. The zero-order valence-corrected chi connectivity index (χ0v) is 6.40. The molecule has 0 spiro atoms. The molecule has 1 N–H and O–H groups in total. The van der Waals surface area contributed by atoms with Gasteiger partial charge in [-0.1, -0.05) is 11.6 Å². The molecule has 0 unspecified atom stereocenters.